The number of methoxy groups -OCH3 is 1. The Labute approximate surface area is 152 Å². The molecule has 0 saturated carbocycles. The maximum atomic E-state index is 13.2. The van der Waals surface area contributed by atoms with E-state index in [1.54, 1.807) is 12.0 Å². The summed E-state index contributed by atoms with van der Waals surface area (Å²) in [7, 11) is 1.64. The monoisotopic (exact) mass is 354 g/mol. The number of nitrogens with zero attached hydrogens (tertiary/aromatic N) is 4. The summed E-state index contributed by atoms with van der Waals surface area (Å²) in [6, 6.07) is 7.78. The van der Waals surface area contributed by atoms with E-state index in [4.69, 9.17) is 4.74 Å². The molecular weight excluding hydrogens is 332 g/mol. The van der Waals surface area contributed by atoms with Gasteiger partial charge in [0.1, 0.15) is 11.4 Å². The first-order valence-electron chi connectivity index (χ1n) is 8.89. The Morgan fingerprint density at radius 1 is 1.19 bits per heavy atom. The van der Waals surface area contributed by atoms with E-state index < -0.39 is 0 Å². The van der Waals surface area contributed by atoms with Crippen molar-refractivity contribution in [3.05, 3.63) is 46.8 Å². The molecule has 4 rings (SSSR count). The van der Waals surface area contributed by atoms with Gasteiger partial charge in [-0.3, -0.25) is 14.3 Å². The van der Waals surface area contributed by atoms with Gasteiger partial charge in [-0.25, -0.2) is 0 Å². The van der Waals surface area contributed by atoms with Gasteiger partial charge in [0.2, 0.25) is 6.41 Å². The van der Waals surface area contributed by atoms with Gasteiger partial charge in [0.25, 0.3) is 5.91 Å². The fourth-order valence-corrected chi connectivity index (χ4v) is 3.70. The van der Waals surface area contributed by atoms with Crippen molar-refractivity contribution < 1.29 is 14.3 Å². The molecule has 0 unspecified atom stereocenters. The Kier molecular flexibility index (Phi) is 4.36. The largest absolute Gasteiger partial charge is 0.497 e. The lowest BCUT2D eigenvalue weighted by Gasteiger charge is -2.24. The van der Waals surface area contributed by atoms with Crippen LogP contribution in [0.25, 0.3) is 0 Å². The first kappa shape index (κ1) is 16.6. The maximum absolute atomic E-state index is 13.2. The van der Waals surface area contributed by atoms with Crippen LogP contribution in [0, 0.1) is 0 Å². The number of carbonyl (C=O) groups is 2. The highest BCUT2D eigenvalue weighted by atomic mass is 16.5. The number of rotatable bonds is 4. The maximum Gasteiger partial charge on any atom is 0.272 e. The molecule has 26 heavy (non-hydrogen) atoms. The fraction of sp³-hybridized carbons (Fsp3) is 0.421. The van der Waals surface area contributed by atoms with Crippen molar-refractivity contribution in [3.8, 4) is 5.75 Å². The first-order chi connectivity index (χ1) is 12.7. The van der Waals surface area contributed by atoms with Crippen molar-refractivity contribution in [2.24, 2.45) is 0 Å². The Hall–Kier alpha value is -2.83. The summed E-state index contributed by atoms with van der Waals surface area (Å²) in [5, 5.41) is 4.64. The van der Waals surface area contributed by atoms with Gasteiger partial charge in [-0.15, -0.1) is 0 Å². The van der Waals surface area contributed by atoms with Gasteiger partial charge in [-0.05, 0) is 24.1 Å². The number of hydrogen-bond donors (Lipinski definition) is 0. The summed E-state index contributed by atoms with van der Waals surface area (Å²) in [5.74, 6) is 0.803. The summed E-state index contributed by atoms with van der Waals surface area (Å²) >= 11 is 0. The Morgan fingerprint density at radius 3 is 2.73 bits per heavy atom. The van der Waals surface area contributed by atoms with Crippen molar-refractivity contribution in [1.29, 1.82) is 0 Å². The Balaban J connectivity index is 1.61. The normalized spacial score (nSPS) is 16.7. The molecule has 0 radical (unpaired) electrons. The predicted molar refractivity (Wildman–Crippen MR) is 94.8 cm³/mol. The second-order valence-corrected chi connectivity index (χ2v) is 6.75. The predicted octanol–water partition coefficient (Wildman–Crippen LogP) is 1.45. The standard InChI is InChI=1S/C19H22N4O3/c1-26-15-5-3-14(4-6-15)11-22-8-2-9-23-18(19(22)25)16-12-21(13-24)10-7-17(16)20-23/h3-6,13H,2,7-12H2,1H3. The van der Waals surface area contributed by atoms with Gasteiger partial charge in [-0.1, -0.05) is 12.1 Å². The number of carbonyl (C=O) groups excluding carboxylic acids is 2. The van der Waals surface area contributed by atoms with E-state index in [1.807, 2.05) is 33.8 Å². The van der Waals surface area contributed by atoms with Crippen molar-refractivity contribution in [3.63, 3.8) is 0 Å². The Bertz CT molecular complexity index is 828. The molecular formula is C19H22N4O3. The minimum Gasteiger partial charge on any atom is -0.497 e. The quantitative estimate of drug-likeness (QED) is 0.780. The molecule has 0 N–H and O–H groups in total. The molecule has 1 aromatic carbocycles. The molecule has 136 valence electrons. The zero-order valence-electron chi connectivity index (χ0n) is 14.9. The number of hydrogen-bond acceptors (Lipinski definition) is 4. The Morgan fingerprint density at radius 2 is 2.00 bits per heavy atom. The topological polar surface area (TPSA) is 67.7 Å². The van der Waals surface area contributed by atoms with E-state index in [0.29, 0.717) is 38.3 Å². The summed E-state index contributed by atoms with van der Waals surface area (Å²) in [6.07, 6.45) is 2.43. The third kappa shape index (κ3) is 2.94. The van der Waals surface area contributed by atoms with E-state index in [1.165, 1.54) is 0 Å². The number of benzene rings is 1. The number of amides is 2. The van der Waals surface area contributed by atoms with Gasteiger partial charge in [-0.2, -0.15) is 5.10 Å². The zero-order chi connectivity index (χ0) is 18.1. The molecule has 1 aromatic heterocycles. The number of fused-ring (bicyclic) bond motifs is 3. The van der Waals surface area contributed by atoms with Crippen molar-refractivity contribution in [2.45, 2.75) is 32.5 Å². The molecule has 2 aromatic rings. The van der Waals surface area contributed by atoms with Crippen LogP contribution in [-0.2, 0) is 30.8 Å². The van der Waals surface area contributed by atoms with Crippen molar-refractivity contribution in [1.82, 2.24) is 19.6 Å². The lowest BCUT2D eigenvalue weighted by atomic mass is 10.0. The van der Waals surface area contributed by atoms with E-state index in [-0.39, 0.29) is 5.91 Å². The van der Waals surface area contributed by atoms with Gasteiger partial charge in [0.15, 0.2) is 0 Å². The highest BCUT2D eigenvalue weighted by Gasteiger charge is 2.32. The highest BCUT2D eigenvalue weighted by Crippen LogP contribution is 2.26. The fourth-order valence-electron chi connectivity index (χ4n) is 3.70. The minimum atomic E-state index is -0.000169. The highest BCUT2D eigenvalue weighted by molar-refractivity contribution is 5.94. The number of aryl methyl sites for hydroxylation is 1. The molecule has 0 bridgehead atoms. The first-order valence-corrected chi connectivity index (χ1v) is 8.89. The summed E-state index contributed by atoms with van der Waals surface area (Å²) in [6.45, 7) is 3.11. The zero-order valence-corrected chi connectivity index (χ0v) is 14.9. The molecule has 0 saturated heterocycles. The second-order valence-electron chi connectivity index (χ2n) is 6.75. The average molecular weight is 354 g/mol. The number of aromatic nitrogens is 2. The van der Waals surface area contributed by atoms with Crippen LogP contribution in [0.4, 0.5) is 0 Å². The summed E-state index contributed by atoms with van der Waals surface area (Å²) < 4.78 is 7.04. The molecule has 0 aliphatic carbocycles. The van der Waals surface area contributed by atoms with Crippen LogP contribution in [0.15, 0.2) is 24.3 Å². The van der Waals surface area contributed by atoms with Crippen LogP contribution in [0.1, 0.15) is 33.7 Å². The van der Waals surface area contributed by atoms with Gasteiger partial charge < -0.3 is 14.5 Å². The molecule has 2 aliphatic heterocycles. The molecule has 7 nitrogen and oxygen atoms in total. The van der Waals surface area contributed by atoms with Crippen LogP contribution >= 0.6 is 0 Å². The van der Waals surface area contributed by atoms with Gasteiger partial charge in [0, 0.05) is 44.7 Å². The van der Waals surface area contributed by atoms with Crippen molar-refractivity contribution in [2.75, 3.05) is 20.2 Å². The van der Waals surface area contributed by atoms with Crippen LogP contribution < -0.4 is 4.74 Å². The minimum absolute atomic E-state index is 0.000169. The van der Waals surface area contributed by atoms with Gasteiger partial charge >= 0.3 is 0 Å². The molecule has 0 spiro atoms. The van der Waals surface area contributed by atoms with E-state index in [9.17, 15) is 9.59 Å². The average Bonchev–Trinajstić information content (AvgIpc) is 2.96. The third-order valence-corrected chi connectivity index (χ3v) is 5.10. The lowest BCUT2D eigenvalue weighted by molar-refractivity contribution is -0.118. The van der Waals surface area contributed by atoms with E-state index in [0.717, 1.165) is 41.9 Å². The van der Waals surface area contributed by atoms with Gasteiger partial charge in [0.05, 0.1) is 12.8 Å². The summed E-state index contributed by atoms with van der Waals surface area (Å²) in [4.78, 5) is 28.0. The van der Waals surface area contributed by atoms with Crippen LogP contribution in [0.5, 0.6) is 5.75 Å². The smallest absolute Gasteiger partial charge is 0.272 e. The number of ether oxygens (including phenoxy) is 1. The molecule has 7 heteroatoms. The van der Waals surface area contributed by atoms with Crippen LogP contribution in [0.3, 0.4) is 0 Å². The van der Waals surface area contributed by atoms with Crippen molar-refractivity contribution >= 4 is 12.3 Å². The molecule has 2 aliphatic rings. The molecule has 0 atom stereocenters. The molecule has 2 amide bonds. The molecule has 3 heterocycles. The lowest BCUT2D eigenvalue weighted by Crippen LogP contribution is -2.33. The summed E-state index contributed by atoms with van der Waals surface area (Å²) in [5.41, 5.74) is 3.58. The second kappa shape index (κ2) is 6.82. The van der Waals surface area contributed by atoms with E-state index >= 15 is 0 Å². The SMILES string of the molecule is COc1ccc(CN2CCCn3nc4c(c3C2=O)CN(C=O)CC4)cc1. The third-order valence-electron chi connectivity index (χ3n) is 5.10. The van der Waals surface area contributed by atoms with E-state index in [2.05, 4.69) is 5.10 Å². The van der Waals surface area contributed by atoms with Crippen LogP contribution in [0.2, 0.25) is 0 Å². The molecule has 0 fully saturated rings. The van der Waals surface area contributed by atoms with Crippen LogP contribution in [-0.4, -0.2) is 52.1 Å².